The van der Waals surface area contributed by atoms with Crippen molar-refractivity contribution >= 4 is 0 Å². The van der Waals surface area contributed by atoms with Crippen molar-refractivity contribution in [1.29, 1.82) is 0 Å². The highest BCUT2D eigenvalue weighted by molar-refractivity contribution is 5.51. The lowest BCUT2D eigenvalue weighted by molar-refractivity contribution is -0.0240. The van der Waals surface area contributed by atoms with Gasteiger partial charge in [-0.05, 0) is 48.9 Å². The Kier molecular flexibility index (Phi) is 5.57. The third-order valence-corrected chi connectivity index (χ3v) is 6.25. The van der Waals surface area contributed by atoms with Gasteiger partial charge in [0.1, 0.15) is 6.10 Å². The van der Waals surface area contributed by atoms with Gasteiger partial charge in [0.25, 0.3) is 0 Å². The fraction of sp³-hybridized carbons (Fsp3) is 0.435. The van der Waals surface area contributed by atoms with Gasteiger partial charge in [0, 0.05) is 31.0 Å². The third kappa shape index (κ3) is 4.26. The van der Waals surface area contributed by atoms with Crippen LogP contribution in [0.25, 0.3) is 11.4 Å². The van der Waals surface area contributed by atoms with E-state index in [9.17, 15) is 5.11 Å². The van der Waals surface area contributed by atoms with E-state index in [2.05, 4.69) is 20.0 Å². The maximum absolute atomic E-state index is 10.7. The van der Waals surface area contributed by atoms with Crippen molar-refractivity contribution in [2.24, 2.45) is 11.8 Å². The zero-order valence-electron chi connectivity index (χ0n) is 17.4. The molecule has 2 aromatic heterocycles. The number of ether oxygens (including phenoxy) is 2. The SMILES string of the molecule is COc1ccccc1O[C@@H]1C[C@@H]2CN(Cc3nc(-c4cccnc4)no3)C[C@@H]2C[C@H]1O. The summed E-state index contributed by atoms with van der Waals surface area (Å²) in [4.78, 5) is 10.9. The number of aliphatic hydroxyl groups is 1. The number of hydrogen-bond donors (Lipinski definition) is 1. The van der Waals surface area contributed by atoms with Gasteiger partial charge in [-0.25, -0.2) is 0 Å². The van der Waals surface area contributed by atoms with E-state index in [0.717, 1.165) is 31.5 Å². The summed E-state index contributed by atoms with van der Waals surface area (Å²) in [7, 11) is 1.63. The zero-order valence-corrected chi connectivity index (χ0v) is 17.4. The Hall–Kier alpha value is -2.97. The van der Waals surface area contributed by atoms with E-state index in [1.807, 2.05) is 36.4 Å². The minimum atomic E-state index is -0.494. The first-order valence-electron chi connectivity index (χ1n) is 10.6. The Bertz CT molecular complexity index is 1010. The fourth-order valence-electron chi connectivity index (χ4n) is 4.75. The third-order valence-electron chi connectivity index (χ3n) is 6.25. The van der Waals surface area contributed by atoms with Gasteiger partial charge in [0.15, 0.2) is 11.5 Å². The van der Waals surface area contributed by atoms with Crippen LogP contribution in [0.4, 0.5) is 0 Å². The topological polar surface area (TPSA) is 93.7 Å². The zero-order chi connectivity index (χ0) is 21.2. The van der Waals surface area contributed by atoms with Gasteiger partial charge in [0.2, 0.25) is 11.7 Å². The molecule has 0 amide bonds. The van der Waals surface area contributed by atoms with Crippen LogP contribution in [0.5, 0.6) is 11.5 Å². The summed E-state index contributed by atoms with van der Waals surface area (Å²) in [5.41, 5.74) is 0.840. The van der Waals surface area contributed by atoms with Gasteiger partial charge >= 0.3 is 0 Å². The molecule has 1 aliphatic carbocycles. The molecule has 0 bridgehead atoms. The second-order valence-electron chi connectivity index (χ2n) is 8.31. The highest BCUT2D eigenvalue weighted by Gasteiger charge is 2.43. The number of pyridine rings is 1. The quantitative estimate of drug-likeness (QED) is 0.648. The molecule has 1 saturated heterocycles. The molecule has 31 heavy (non-hydrogen) atoms. The Morgan fingerprint density at radius 1 is 1.10 bits per heavy atom. The number of rotatable bonds is 6. The molecule has 3 heterocycles. The van der Waals surface area contributed by atoms with Crippen molar-refractivity contribution in [1.82, 2.24) is 20.0 Å². The van der Waals surface area contributed by atoms with Crippen LogP contribution in [-0.4, -0.2) is 57.5 Å². The Morgan fingerprint density at radius 3 is 2.68 bits per heavy atom. The van der Waals surface area contributed by atoms with E-state index in [1.165, 1.54) is 0 Å². The molecule has 1 N–H and O–H groups in total. The summed E-state index contributed by atoms with van der Waals surface area (Å²) in [6.45, 7) is 2.44. The molecule has 0 unspecified atom stereocenters. The maximum atomic E-state index is 10.7. The van der Waals surface area contributed by atoms with Crippen LogP contribution in [0.2, 0.25) is 0 Å². The minimum absolute atomic E-state index is 0.238. The van der Waals surface area contributed by atoms with Crippen LogP contribution >= 0.6 is 0 Å². The summed E-state index contributed by atoms with van der Waals surface area (Å²) < 4.78 is 17.0. The van der Waals surface area contributed by atoms with E-state index in [1.54, 1.807) is 19.5 Å². The molecule has 0 radical (unpaired) electrons. The Balaban J connectivity index is 1.21. The normalized spacial score (nSPS) is 25.9. The Labute approximate surface area is 180 Å². The van der Waals surface area contributed by atoms with E-state index in [0.29, 0.717) is 41.6 Å². The van der Waals surface area contributed by atoms with E-state index in [4.69, 9.17) is 14.0 Å². The second kappa shape index (κ2) is 8.64. The van der Waals surface area contributed by atoms with Crippen LogP contribution in [0.1, 0.15) is 18.7 Å². The van der Waals surface area contributed by atoms with E-state index >= 15 is 0 Å². The predicted molar refractivity (Wildman–Crippen MR) is 112 cm³/mol. The minimum Gasteiger partial charge on any atom is -0.493 e. The number of para-hydroxylation sites is 2. The standard InChI is InChI=1S/C23H26N4O4/c1-29-19-6-2-3-7-20(19)30-21-10-17-13-27(12-16(17)9-18(21)28)14-22-25-23(26-31-22)15-5-4-8-24-11-15/h2-8,11,16-18,21,28H,9-10,12-14H2,1H3/t16-,17+,18+,21+/m0/s1. The van der Waals surface area contributed by atoms with Gasteiger partial charge in [-0.3, -0.25) is 9.88 Å². The maximum Gasteiger partial charge on any atom is 0.241 e. The lowest BCUT2D eigenvalue weighted by atomic mass is 9.78. The van der Waals surface area contributed by atoms with Crippen molar-refractivity contribution in [2.75, 3.05) is 20.2 Å². The lowest BCUT2D eigenvalue weighted by Crippen LogP contribution is -2.42. The van der Waals surface area contributed by atoms with Gasteiger partial charge in [-0.2, -0.15) is 4.98 Å². The number of likely N-dealkylation sites (tertiary alicyclic amines) is 1. The first-order valence-corrected chi connectivity index (χ1v) is 10.6. The molecule has 4 atom stereocenters. The summed E-state index contributed by atoms with van der Waals surface area (Å²) in [5, 5.41) is 14.8. The molecule has 2 aliphatic rings. The molecule has 162 valence electrons. The van der Waals surface area contributed by atoms with Crippen LogP contribution in [0.15, 0.2) is 53.3 Å². The summed E-state index contributed by atoms with van der Waals surface area (Å²) in [6, 6.07) is 11.3. The summed E-state index contributed by atoms with van der Waals surface area (Å²) in [6.07, 6.45) is 4.25. The molecule has 3 aromatic rings. The van der Waals surface area contributed by atoms with Crippen molar-refractivity contribution in [3.05, 3.63) is 54.7 Å². The average Bonchev–Trinajstić information content (AvgIpc) is 3.41. The number of aromatic nitrogens is 3. The van der Waals surface area contributed by atoms with Gasteiger partial charge in [-0.1, -0.05) is 17.3 Å². The second-order valence-corrected chi connectivity index (χ2v) is 8.31. The molecule has 1 aromatic carbocycles. The number of aliphatic hydroxyl groups excluding tert-OH is 1. The highest BCUT2D eigenvalue weighted by Crippen LogP contribution is 2.39. The lowest BCUT2D eigenvalue weighted by Gasteiger charge is -2.35. The van der Waals surface area contributed by atoms with Crippen molar-refractivity contribution in [3.8, 4) is 22.9 Å². The summed E-state index contributed by atoms with van der Waals surface area (Å²) >= 11 is 0. The molecule has 1 aliphatic heterocycles. The first-order chi connectivity index (χ1) is 15.2. The predicted octanol–water partition coefficient (Wildman–Crippen LogP) is 2.79. The smallest absolute Gasteiger partial charge is 0.241 e. The van der Waals surface area contributed by atoms with Crippen LogP contribution in [0.3, 0.4) is 0 Å². The number of methoxy groups -OCH3 is 1. The number of nitrogens with zero attached hydrogens (tertiary/aromatic N) is 4. The van der Waals surface area contributed by atoms with Crippen LogP contribution in [0, 0.1) is 11.8 Å². The first kappa shape index (κ1) is 20.0. The molecule has 2 fully saturated rings. The number of benzene rings is 1. The van der Waals surface area contributed by atoms with Crippen molar-refractivity contribution in [3.63, 3.8) is 0 Å². The molecular formula is C23H26N4O4. The largest absolute Gasteiger partial charge is 0.493 e. The van der Waals surface area contributed by atoms with E-state index in [-0.39, 0.29) is 6.10 Å². The van der Waals surface area contributed by atoms with Gasteiger partial charge in [-0.15, -0.1) is 0 Å². The van der Waals surface area contributed by atoms with Crippen LogP contribution in [-0.2, 0) is 6.54 Å². The molecular weight excluding hydrogens is 396 g/mol. The van der Waals surface area contributed by atoms with Crippen molar-refractivity contribution in [2.45, 2.75) is 31.6 Å². The Morgan fingerprint density at radius 2 is 1.90 bits per heavy atom. The monoisotopic (exact) mass is 422 g/mol. The van der Waals surface area contributed by atoms with Crippen molar-refractivity contribution < 1.29 is 19.1 Å². The molecule has 5 rings (SSSR count). The number of fused-ring (bicyclic) bond motifs is 1. The average molecular weight is 422 g/mol. The van der Waals surface area contributed by atoms with E-state index < -0.39 is 6.10 Å². The molecule has 8 nitrogen and oxygen atoms in total. The van der Waals surface area contributed by atoms with Gasteiger partial charge in [0.05, 0.1) is 19.8 Å². The van der Waals surface area contributed by atoms with Gasteiger partial charge < -0.3 is 19.1 Å². The fourth-order valence-corrected chi connectivity index (χ4v) is 4.75. The molecule has 0 spiro atoms. The number of hydrogen-bond acceptors (Lipinski definition) is 8. The molecule has 1 saturated carbocycles. The van der Waals surface area contributed by atoms with Crippen LogP contribution < -0.4 is 9.47 Å². The summed E-state index contributed by atoms with van der Waals surface area (Å²) in [5.74, 6) is 3.42. The highest BCUT2D eigenvalue weighted by atomic mass is 16.5. The molecule has 8 heteroatoms.